The molecule has 0 aliphatic rings. The lowest BCUT2D eigenvalue weighted by Crippen LogP contribution is -2.48. The standard InChI is InChI=1S/C17H20N4O2/c1-3-8-17(2,18)16(22)19-11-6-7-12-13(10-11)21-15(20-12)14-5-4-9-23-14/h4-7,9-10H,3,8,18H2,1-2H3,(H,19,22)(H,20,21). The molecule has 2 aromatic heterocycles. The van der Waals surface area contributed by atoms with E-state index in [1.165, 1.54) is 0 Å². The molecule has 6 nitrogen and oxygen atoms in total. The van der Waals surface area contributed by atoms with Crippen molar-refractivity contribution < 1.29 is 9.21 Å². The molecule has 1 aromatic carbocycles. The molecule has 1 atom stereocenters. The van der Waals surface area contributed by atoms with Crippen molar-refractivity contribution in [2.75, 3.05) is 5.32 Å². The lowest BCUT2D eigenvalue weighted by atomic mass is 9.96. The molecule has 23 heavy (non-hydrogen) atoms. The van der Waals surface area contributed by atoms with Gasteiger partial charge in [0.15, 0.2) is 11.6 Å². The predicted molar refractivity (Wildman–Crippen MR) is 89.9 cm³/mol. The van der Waals surface area contributed by atoms with Gasteiger partial charge < -0.3 is 20.5 Å². The molecule has 1 unspecified atom stereocenters. The number of furan rings is 1. The number of aromatic amines is 1. The molecule has 3 aromatic rings. The Morgan fingerprint density at radius 1 is 1.43 bits per heavy atom. The quantitative estimate of drug-likeness (QED) is 0.673. The Balaban J connectivity index is 1.84. The second kappa shape index (κ2) is 5.89. The van der Waals surface area contributed by atoms with Crippen LogP contribution in [0.1, 0.15) is 26.7 Å². The fourth-order valence-electron chi connectivity index (χ4n) is 2.52. The highest BCUT2D eigenvalue weighted by Crippen LogP contribution is 2.23. The van der Waals surface area contributed by atoms with Crippen molar-refractivity contribution in [3.8, 4) is 11.6 Å². The normalized spacial score (nSPS) is 13.9. The number of nitrogens with two attached hydrogens (primary N) is 1. The number of nitrogens with one attached hydrogen (secondary N) is 2. The largest absolute Gasteiger partial charge is 0.461 e. The fraction of sp³-hybridized carbons (Fsp3) is 0.294. The smallest absolute Gasteiger partial charge is 0.244 e. The van der Waals surface area contributed by atoms with Crippen molar-refractivity contribution in [1.82, 2.24) is 9.97 Å². The zero-order chi connectivity index (χ0) is 16.4. The minimum atomic E-state index is -0.878. The van der Waals surface area contributed by atoms with Gasteiger partial charge in [-0.1, -0.05) is 13.3 Å². The molecule has 0 aliphatic heterocycles. The first kappa shape index (κ1) is 15.3. The Hall–Kier alpha value is -2.60. The molecule has 0 bridgehead atoms. The van der Waals surface area contributed by atoms with Gasteiger partial charge in [0.05, 0.1) is 22.8 Å². The third-order valence-corrected chi connectivity index (χ3v) is 3.78. The number of carbonyl (C=O) groups excluding carboxylic acids is 1. The molecule has 6 heteroatoms. The Bertz CT molecular complexity index is 818. The number of H-pyrrole nitrogens is 1. The van der Waals surface area contributed by atoms with Crippen molar-refractivity contribution in [3.05, 3.63) is 36.6 Å². The second-order valence-corrected chi connectivity index (χ2v) is 5.92. The van der Waals surface area contributed by atoms with E-state index in [9.17, 15) is 4.79 Å². The van der Waals surface area contributed by atoms with E-state index in [1.807, 2.05) is 37.3 Å². The van der Waals surface area contributed by atoms with E-state index >= 15 is 0 Å². The summed E-state index contributed by atoms with van der Waals surface area (Å²) in [4.78, 5) is 19.9. The average Bonchev–Trinajstić information content (AvgIpc) is 3.15. The fourth-order valence-corrected chi connectivity index (χ4v) is 2.52. The molecule has 0 spiro atoms. The maximum Gasteiger partial charge on any atom is 0.244 e. The predicted octanol–water partition coefficient (Wildman–Crippen LogP) is 3.28. The van der Waals surface area contributed by atoms with Gasteiger partial charge in [-0.3, -0.25) is 4.79 Å². The van der Waals surface area contributed by atoms with E-state index < -0.39 is 5.54 Å². The number of hydrogen-bond donors (Lipinski definition) is 3. The topological polar surface area (TPSA) is 96.9 Å². The van der Waals surface area contributed by atoms with E-state index in [0.29, 0.717) is 23.7 Å². The summed E-state index contributed by atoms with van der Waals surface area (Å²) in [6, 6.07) is 9.15. The van der Waals surface area contributed by atoms with Crippen LogP contribution in [-0.2, 0) is 4.79 Å². The van der Waals surface area contributed by atoms with Crippen LogP contribution in [0.5, 0.6) is 0 Å². The van der Waals surface area contributed by atoms with Crippen LogP contribution in [0.3, 0.4) is 0 Å². The summed E-state index contributed by atoms with van der Waals surface area (Å²) in [5.41, 5.74) is 7.49. The lowest BCUT2D eigenvalue weighted by Gasteiger charge is -2.22. The third kappa shape index (κ3) is 3.12. The summed E-state index contributed by atoms with van der Waals surface area (Å²) in [6.45, 7) is 3.75. The van der Waals surface area contributed by atoms with Gasteiger partial charge in [-0.25, -0.2) is 4.98 Å². The molecule has 3 rings (SSSR count). The molecule has 1 amide bonds. The van der Waals surface area contributed by atoms with Gasteiger partial charge in [0.25, 0.3) is 0 Å². The van der Waals surface area contributed by atoms with Gasteiger partial charge >= 0.3 is 0 Å². The van der Waals surface area contributed by atoms with Crippen LogP contribution in [0, 0.1) is 0 Å². The van der Waals surface area contributed by atoms with Crippen LogP contribution < -0.4 is 11.1 Å². The molecule has 2 heterocycles. The first-order chi connectivity index (χ1) is 11.0. The maximum absolute atomic E-state index is 12.3. The summed E-state index contributed by atoms with van der Waals surface area (Å²) in [5.74, 6) is 1.14. The van der Waals surface area contributed by atoms with Crippen molar-refractivity contribution in [1.29, 1.82) is 0 Å². The van der Waals surface area contributed by atoms with Gasteiger partial charge in [-0.05, 0) is 43.7 Å². The Kier molecular flexibility index (Phi) is 3.92. The van der Waals surface area contributed by atoms with Crippen LogP contribution in [-0.4, -0.2) is 21.4 Å². The monoisotopic (exact) mass is 312 g/mol. The molecular formula is C17H20N4O2. The van der Waals surface area contributed by atoms with E-state index in [1.54, 1.807) is 13.2 Å². The van der Waals surface area contributed by atoms with Crippen molar-refractivity contribution in [2.24, 2.45) is 5.73 Å². The summed E-state index contributed by atoms with van der Waals surface area (Å²) in [7, 11) is 0. The molecule has 0 fully saturated rings. The SMILES string of the molecule is CCCC(C)(N)C(=O)Nc1ccc2nc(-c3ccco3)[nH]c2c1. The number of nitrogens with zero attached hydrogens (tertiary/aromatic N) is 1. The second-order valence-electron chi connectivity index (χ2n) is 5.92. The number of fused-ring (bicyclic) bond motifs is 1. The average molecular weight is 312 g/mol. The number of amides is 1. The highest BCUT2D eigenvalue weighted by atomic mass is 16.3. The van der Waals surface area contributed by atoms with E-state index in [4.69, 9.17) is 10.2 Å². The van der Waals surface area contributed by atoms with Crippen molar-refractivity contribution in [2.45, 2.75) is 32.2 Å². The molecule has 0 radical (unpaired) electrons. The van der Waals surface area contributed by atoms with Crippen LogP contribution in [0.4, 0.5) is 5.69 Å². The summed E-state index contributed by atoms with van der Waals surface area (Å²) in [5, 5.41) is 2.87. The summed E-state index contributed by atoms with van der Waals surface area (Å²) >= 11 is 0. The van der Waals surface area contributed by atoms with Crippen LogP contribution in [0.15, 0.2) is 41.0 Å². The van der Waals surface area contributed by atoms with Gasteiger partial charge in [0.2, 0.25) is 5.91 Å². The maximum atomic E-state index is 12.3. The van der Waals surface area contributed by atoms with Gasteiger partial charge in [0.1, 0.15) is 0 Å². The third-order valence-electron chi connectivity index (χ3n) is 3.78. The van der Waals surface area contributed by atoms with Gasteiger partial charge in [0, 0.05) is 5.69 Å². The molecule has 0 saturated heterocycles. The Labute approximate surface area is 134 Å². The number of aromatic nitrogens is 2. The number of carbonyl (C=O) groups is 1. The molecule has 0 saturated carbocycles. The highest BCUT2D eigenvalue weighted by Gasteiger charge is 2.27. The van der Waals surface area contributed by atoms with Gasteiger partial charge in [-0.2, -0.15) is 0 Å². The molecular weight excluding hydrogens is 292 g/mol. The van der Waals surface area contributed by atoms with E-state index in [0.717, 1.165) is 17.5 Å². The lowest BCUT2D eigenvalue weighted by molar-refractivity contribution is -0.120. The molecule has 4 N–H and O–H groups in total. The van der Waals surface area contributed by atoms with Crippen molar-refractivity contribution in [3.63, 3.8) is 0 Å². The van der Waals surface area contributed by atoms with E-state index in [-0.39, 0.29) is 5.91 Å². The number of hydrogen-bond acceptors (Lipinski definition) is 4. The van der Waals surface area contributed by atoms with Crippen molar-refractivity contribution >= 4 is 22.6 Å². The number of imidazole rings is 1. The number of anilines is 1. The summed E-state index contributed by atoms with van der Waals surface area (Å²) in [6.07, 6.45) is 3.09. The Morgan fingerprint density at radius 3 is 2.96 bits per heavy atom. The Morgan fingerprint density at radius 2 is 2.26 bits per heavy atom. The van der Waals surface area contributed by atoms with E-state index in [2.05, 4.69) is 15.3 Å². The first-order valence-electron chi connectivity index (χ1n) is 7.63. The molecule has 0 aliphatic carbocycles. The highest BCUT2D eigenvalue weighted by molar-refractivity contribution is 5.99. The zero-order valence-corrected chi connectivity index (χ0v) is 13.2. The zero-order valence-electron chi connectivity index (χ0n) is 13.2. The first-order valence-corrected chi connectivity index (χ1v) is 7.63. The summed E-state index contributed by atoms with van der Waals surface area (Å²) < 4.78 is 5.34. The minimum Gasteiger partial charge on any atom is -0.461 e. The van der Waals surface area contributed by atoms with Crippen LogP contribution in [0.25, 0.3) is 22.6 Å². The number of benzene rings is 1. The number of rotatable bonds is 5. The van der Waals surface area contributed by atoms with Crippen LogP contribution >= 0.6 is 0 Å². The van der Waals surface area contributed by atoms with Crippen LogP contribution in [0.2, 0.25) is 0 Å². The minimum absolute atomic E-state index is 0.190. The molecule has 120 valence electrons. The van der Waals surface area contributed by atoms with Gasteiger partial charge in [-0.15, -0.1) is 0 Å².